The van der Waals surface area contributed by atoms with E-state index in [-0.39, 0.29) is 6.42 Å². The summed E-state index contributed by atoms with van der Waals surface area (Å²) in [5.74, 6) is -2.89. The first-order chi connectivity index (χ1) is 11.9. The number of unbranched alkanes of at least 4 members (excludes halogenated alkanes) is 8. The Labute approximate surface area is 156 Å². The van der Waals surface area contributed by atoms with Gasteiger partial charge >= 0.3 is 27.1 Å². The Kier molecular flexibility index (Phi) is 10.3. The van der Waals surface area contributed by atoms with Crippen molar-refractivity contribution in [3.05, 3.63) is 0 Å². The molecule has 2 N–H and O–H groups in total. The molecule has 0 saturated carbocycles. The highest BCUT2D eigenvalue weighted by Gasteiger charge is 2.66. The number of carboxylic acids is 1. The maximum atomic E-state index is 12.0. The molecular formula is C17H34NO7S+. The Hall–Kier alpha value is -1.19. The van der Waals surface area contributed by atoms with Gasteiger partial charge in [-0.3, -0.25) is 13.8 Å². The molecule has 0 bridgehead atoms. The lowest BCUT2D eigenvalue weighted by Gasteiger charge is -2.38. The fourth-order valence-electron chi connectivity index (χ4n) is 2.76. The fraction of sp³-hybridized carbons (Fsp3) is 0.882. The Morgan fingerprint density at radius 1 is 0.923 bits per heavy atom. The highest BCUT2D eigenvalue weighted by Crippen LogP contribution is 2.28. The maximum Gasteiger partial charge on any atom is 0.472 e. The molecule has 0 amide bonds. The van der Waals surface area contributed by atoms with E-state index >= 15 is 0 Å². The van der Waals surface area contributed by atoms with Crippen molar-refractivity contribution in [3.63, 3.8) is 0 Å². The lowest BCUT2D eigenvalue weighted by atomic mass is 10.1. The van der Waals surface area contributed by atoms with Crippen molar-refractivity contribution in [1.82, 2.24) is 0 Å². The minimum atomic E-state index is -5.20. The maximum absolute atomic E-state index is 12.0. The van der Waals surface area contributed by atoms with Gasteiger partial charge in [-0.05, 0) is 6.42 Å². The van der Waals surface area contributed by atoms with Crippen LogP contribution in [-0.2, 0) is 24.4 Å². The molecule has 154 valence electrons. The van der Waals surface area contributed by atoms with Crippen LogP contribution in [0.1, 0.15) is 71.1 Å². The molecular weight excluding hydrogens is 362 g/mol. The number of rotatable bonds is 14. The number of hydrogen-bond donors (Lipinski definition) is 2. The first-order valence-corrected chi connectivity index (χ1v) is 10.6. The highest BCUT2D eigenvalue weighted by atomic mass is 32.2. The van der Waals surface area contributed by atoms with E-state index in [4.69, 9.17) is 4.74 Å². The molecule has 0 aromatic rings. The lowest BCUT2D eigenvalue weighted by Crippen LogP contribution is -2.68. The lowest BCUT2D eigenvalue weighted by molar-refractivity contribution is -0.919. The predicted molar refractivity (Wildman–Crippen MR) is 97.9 cm³/mol. The van der Waals surface area contributed by atoms with Crippen LogP contribution in [0.4, 0.5) is 0 Å². The van der Waals surface area contributed by atoms with Crippen molar-refractivity contribution in [3.8, 4) is 0 Å². The number of nitrogens with zero attached hydrogens (tertiary/aromatic N) is 1. The molecule has 0 aliphatic carbocycles. The SMILES string of the molecule is CCCCCCCCCCCC(=O)OC(C(=O)O)([N+](C)(C)C)S(=O)(=O)O. The molecule has 0 rings (SSSR count). The van der Waals surface area contributed by atoms with E-state index in [0.717, 1.165) is 25.7 Å². The van der Waals surface area contributed by atoms with Crippen LogP contribution in [0.25, 0.3) is 0 Å². The fourth-order valence-corrected chi connectivity index (χ4v) is 3.87. The van der Waals surface area contributed by atoms with Gasteiger partial charge in [0.05, 0.1) is 21.1 Å². The van der Waals surface area contributed by atoms with Crippen LogP contribution in [0, 0.1) is 0 Å². The Morgan fingerprint density at radius 3 is 1.69 bits per heavy atom. The molecule has 0 spiro atoms. The van der Waals surface area contributed by atoms with Crippen LogP contribution >= 0.6 is 0 Å². The zero-order valence-corrected chi connectivity index (χ0v) is 17.2. The third kappa shape index (κ3) is 7.20. The Morgan fingerprint density at radius 2 is 1.35 bits per heavy atom. The monoisotopic (exact) mass is 396 g/mol. The first kappa shape index (κ1) is 24.8. The van der Waals surface area contributed by atoms with Gasteiger partial charge in [0, 0.05) is 6.42 Å². The molecule has 0 aromatic carbocycles. The second kappa shape index (κ2) is 10.8. The van der Waals surface area contributed by atoms with E-state index in [1.54, 1.807) is 0 Å². The molecule has 1 unspecified atom stereocenters. The predicted octanol–water partition coefficient (Wildman–Crippen LogP) is 2.78. The zero-order chi connectivity index (χ0) is 20.4. The minimum absolute atomic E-state index is 0.0968. The van der Waals surface area contributed by atoms with Gasteiger partial charge in [0.15, 0.2) is 0 Å². The van der Waals surface area contributed by atoms with Gasteiger partial charge < -0.3 is 9.84 Å². The topological polar surface area (TPSA) is 118 Å². The standard InChI is InChI=1S/C17H33NO7S/c1-5-6-7-8-9-10-11-12-13-14-15(19)25-17(16(20)21,18(2,3)4)26(22,23)24/h5-14H2,1-4H3,(H-,20,21,22,23,24)/p+1. The molecule has 0 fully saturated rings. The Bertz CT molecular complexity index is 554. The van der Waals surface area contributed by atoms with Crippen LogP contribution in [0.5, 0.6) is 0 Å². The number of quaternary nitrogens is 1. The van der Waals surface area contributed by atoms with Crippen molar-refractivity contribution in [1.29, 1.82) is 0 Å². The average molecular weight is 397 g/mol. The largest absolute Gasteiger partial charge is 0.473 e. The van der Waals surface area contributed by atoms with E-state index in [1.165, 1.54) is 46.8 Å². The summed E-state index contributed by atoms with van der Waals surface area (Å²) in [5, 5.41) is 6.26. The summed E-state index contributed by atoms with van der Waals surface area (Å²) in [6.07, 6.45) is 9.23. The van der Waals surface area contributed by atoms with Gasteiger partial charge in [-0.2, -0.15) is 8.42 Å². The number of esters is 1. The highest BCUT2D eigenvalue weighted by molar-refractivity contribution is 7.87. The van der Waals surface area contributed by atoms with Crippen molar-refractivity contribution in [2.45, 2.75) is 76.2 Å². The van der Waals surface area contributed by atoms with E-state index in [9.17, 15) is 27.7 Å². The van der Waals surface area contributed by atoms with Crippen LogP contribution in [0.3, 0.4) is 0 Å². The summed E-state index contributed by atoms with van der Waals surface area (Å²) in [6, 6.07) is 0. The summed E-state index contributed by atoms with van der Waals surface area (Å²) < 4.78 is 36.8. The number of carboxylic acid groups (broad SMARTS) is 1. The van der Waals surface area contributed by atoms with E-state index < -0.39 is 31.6 Å². The van der Waals surface area contributed by atoms with Gasteiger partial charge in [0.1, 0.15) is 0 Å². The van der Waals surface area contributed by atoms with Crippen molar-refractivity contribution in [2.24, 2.45) is 0 Å². The van der Waals surface area contributed by atoms with Crippen molar-refractivity contribution >= 4 is 22.1 Å². The smallest absolute Gasteiger partial charge is 0.472 e. The van der Waals surface area contributed by atoms with Crippen molar-refractivity contribution < 1.29 is 36.9 Å². The van der Waals surface area contributed by atoms with E-state index in [0.29, 0.717) is 6.42 Å². The number of ether oxygens (including phenoxy) is 1. The van der Waals surface area contributed by atoms with E-state index in [1.807, 2.05) is 0 Å². The van der Waals surface area contributed by atoms with E-state index in [2.05, 4.69) is 6.92 Å². The average Bonchev–Trinajstić information content (AvgIpc) is 2.48. The van der Waals surface area contributed by atoms with Crippen LogP contribution in [0.15, 0.2) is 0 Å². The van der Waals surface area contributed by atoms with Gasteiger partial charge in [-0.1, -0.05) is 58.3 Å². The summed E-state index contributed by atoms with van der Waals surface area (Å²) in [4.78, 5) is 23.5. The quantitative estimate of drug-likeness (QED) is 0.152. The number of carbonyl (C=O) groups is 2. The van der Waals surface area contributed by atoms with Crippen LogP contribution in [-0.4, -0.2) is 60.7 Å². The summed E-state index contributed by atoms with van der Waals surface area (Å²) in [7, 11) is -1.55. The summed E-state index contributed by atoms with van der Waals surface area (Å²) in [5.41, 5.74) is 0. The van der Waals surface area contributed by atoms with Gasteiger partial charge in [-0.15, -0.1) is 0 Å². The first-order valence-electron chi connectivity index (χ1n) is 9.14. The van der Waals surface area contributed by atoms with Crippen LogP contribution in [0.2, 0.25) is 0 Å². The normalized spacial score (nSPS) is 14.7. The van der Waals surface area contributed by atoms with Gasteiger partial charge in [-0.25, -0.2) is 4.79 Å². The van der Waals surface area contributed by atoms with Gasteiger partial charge in [0.25, 0.3) is 0 Å². The molecule has 0 radical (unpaired) electrons. The molecule has 1 atom stereocenters. The summed E-state index contributed by atoms with van der Waals surface area (Å²) in [6.45, 7) is 2.17. The number of carbonyl (C=O) groups excluding carboxylic acids is 1. The molecule has 8 nitrogen and oxygen atoms in total. The van der Waals surface area contributed by atoms with Crippen LogP contribution < -0.4 is 0 Å². The third-order valence-corrected chi connectivity index (χ3v) is 5.74. The second-order valence-electron chi connectivity index (χ2n) is 7.43. The minimum Gasteiger partial charge on any atom is -0.473 e. The molecule has 26 heavy (non-hydrogen) atoms. The summed E-state index contributed by atoms with van der Waals surface area (Å²) >= 11 is 0. The molecule has 9 heteroatoms. The number of aliphatic carboxylic acids is 1. The zero-order valence-electron chi connectivity index (χ0n) is 16.4. The molecule has 0 aromatic heterocycles. The van der Waals surface area contributed by atoms with Crippen molar-refractivity contribution in [2.75, 3.05) is 21.1 Å². The van der Waals surface area contributed by atoms with Gasteiger partial charge in [0.2, 0.25) is 0 Å². The Balaban J connectivity index is 4.52. The number of hydrogen-bond acceptors (Lipinski definition) is 5. The molecule has 0 saturated heterocycles. The molecule has 0 aliphatic rings. The molecule has 0 aliphatic heterocycles. The third-order valence-electron chi connectivity index (χ3n) is 4.24. The number of likely N-dealkylation sites (N-methyl/N-ethyl adjacent to an activating group) is 1. The second-order valence-corrected chi connectivity index (χ2v) is 8.93. The molecule has 0 heterocycles.